The number of pyridine rings is 1. The fourth-order valence-corrected chi connectivity index (χ4v) is 2.97. The van der Waals surface area contributed by atoms with Crippen LogP contribution in [0.1, 0.15) is 29.6 Å². The van der Waals surface area contributed by atoms with Crippen LogP contribution in [0.2, 0.25) is 0 Å². The molecule has 2 aromatic rings. The van der Waals surface area contributed by atoms with E-state index in [1.165, 1.54) is 6.07 Å². The molecule has 11 heteroatoms. The summed E-state index contributed by atoms with van der Waals surface area (Å²) in [6.45, 7) is 6.64. The van der Waals surface area contributed by atoms with Crippen molar-refractivity contribution in [1.29, 1.82) is 0 Å². The van der Waals surface area contributed by atoms with Gasteiger partial charge in [0.2, 0.25) is 0 Å². The fourth-order valence-electron chi connectivity index (χ4n) is 2.33. The molecule has 0 saturated carbocycles. The predicted molar refractivity (Wildman–Crippen MR) is 122 cm³/mol. The van der Waals surface area contributed by atoms with Gasteiger partial charge in [-0.3, -0.25) is 4.99 Å². The zero-order valence-corrected chi connectivity index (χ0v) is 19.5. The average molecular weight is 542 g/mol. The number of aryl methyl sites for hydroxylation is 1. The third-order valence-corrected chi connectivity index (χ3v) is 4.51. The molecule has 29 heavy (non-hydrogen) atoms. The zero-order chi connectivity index (χ0) is 20.4. The number of aromatic nitrogens is 2. The Kier molecular flexibility index (Phi) is 11.2. The molecule has 2 heterocycles. The van der Waals surface area contributed by atoms with E-state index in [2.05, 4.69) is 36.3 Å². The van der Waals surface area contributed by atoms with Gasteiger partial charge in [-0.05, 0) is 32.4 Å². The molecule has 0 amide bonds. The molecule has 0 saturated heterocycles. The lowest BCUT2D eigenvalue weighted by molar-refractivity contribution is -0.137. The van der Waals surface area contributed by atoms with Gasteiger partial charge >= 0.3 is 6.18 Å². The number of alkyl halides is 3. The van der Waals surface area contributed by atoms with Gasteiger partial charge in [-0.25, -0.2) is 9.97 Å². The second-order valence-electron chi connectivity index (χ2n) is 6.01. The lowest BCUT2D eigenvalue weighted by Gasteiger charge is -2.11. The number of nitrogens with one attached hydrogen (secondary N) is 3. The van der Waals surface area contributed by atoms with E-state index in [0.29, 0.717) is 18.9 Å². The highest BCUT2D eigenvalue weighted by Crippen LogP contribution is 2.28. The number of nitrogens with zero attached hydrogens (tertiary/aromatic N) is 3. The first-order valence-electron chi connectivity index (χ1n) is 9.08. The number of halogens is 4. The quantitative estimate of drug-likeness (QED) is 0.193. The van der Waals surface area contributed by atoms with E-state index in [4.69, 9.17) is 0 Å². The van der Waals surface area contributed by atoms with Gasteiger partial charge in [0, 0.05) is 44.2 Å². The zero-order valence-electron chi connectivity index (χ0n) is 16.3. The minimum atomic E-state index is -4.37. The van der Waals surface area contributed by atoms with Crippen molar-refractivity contribution >= 4 is 47.1 Å². The van der Waals surface area contributed by atoms with Gasteiger partial charge in [0.15, 0.2) is 5.96 Å². The molecule has 0 radical (unpaired) electrons. The molecule has 0 aromatic carbocycles. The number of thiazole rings is 1. The van der Waals surface area contributed by atoms with Gasteiger partial charge in [-0.15, -0.1) is 35.3 Å². The first-order chi connectivity index (χ1) is 13.4. The lowest BCUT2D eigenvalue weighted by atomic mass is 10.3. The highest BCUT2D eigenvalue weighted by Gasteiger charge is 2.30. The first kappa shape index (κ1) is 25.4. The molecule has 0 aliphatic carbocycles. The minimum Gasteiger partial charge on any atom is -0.370 e. The van der Waals surface area contributed by atoms with Crippen LogP contribution >= 0.6 is 35.3 Å². The molecule has 0 aliphatic heterocycles. The van der Waals surface area contributed by atoms with E-state index in [1.54, 1.807) is 11.3 Å². The van der Waals surface area contributed by atoms with Crippen molar-refractivity contribution in [3.8, 4) is 0 Å². The fraction of sp³-hybridized carbons (Fsp3) is 0.500. The maximum atomic E-state index is 12.5. The third kappa shape index (κ3) is 9.61. The van der Waals surface area contributed by atoms with Gasteiger partial charge in [-0.1, -0.05) is 0 Å². The Labute approximate surface area is 189 Å². The van der Waals surface area contributed by atoms with Gasteiger partial charge in [0.1, 0.15) is 5.82 Å². The van der Waals surface area contributed by atoms with Crippen LogP contribution in [0.3, 0.4) is 0 Å². The summed E-state index contributed by atoms with van der Waals surface area (Å²) in [7, 11) is 0. The molecule has 3 N–H and O–H groups in total. The van der Waals surface area contributed by atoms with E-state index in [1.807, 2.05) is 13.8 Å². The van der Waals surface area contributed by atoms with Gasteiger partial charge in [-0.2, -0.15) is 13.2 Å². The Hall–Kier alpha value is -1.63. The normalized spacial score (nSPS) is 11.7. The number of rotatable bonds is 9. The van der Waals surface area contributed by atoms with E-state index < -0.39 is 11.7 Å². The number of hydrogen-bond donors (Lipinski definition) is 3. The van der Waals surface area contributed by atoms with E-state index in [0.717, 1.165) is 54.9 Å². The van der Waals surface area contributed by atoms with Crippen LogP contribution in [0, 0.1) is 6.92 Å². The second-order valence-corrected chi connectivity index (χ2v) is 7.07. The number of hydrogen-bond acceptors (Lipinski definition) is 5. The van der Waals surface area contributed by atoms with Crippen LogP contribution in [0.5, 0.6) is 0 Å². The van der Waals surface area contributed by atoms with Crippen LogP contribution in [0.4, 0.5) is 19.0 Å². The topological polar surface area (TPSA) is 74.2 Å². The Balaban J connectivity index is 0.00000420. The Bertz CT molecular complexity index is 749. The summed E-state index contributed by atoms with van der Waals surface area (Å²) in [5.74, 6) is 1.16. The van der Waals surface area contributed by atoms with Crippen molar-refractivity contribution in [3.63, 3.8) is 0 Å². The van der Waals surface area contributed by atoms with Crippen LogP contribution in [0.25, 0.3) is 0 Å². The Morgan fingerprint density at radius 1 is 1.21 bits per heavy atom. The molecule has 0 atom stereocenters. The van der Waals surface area contributed by atoms with Crippen molar-refractivity contribution in [2.75, 3.05) is 31.5 Å². The summed E-state index contributed by atoms with van der Waals surface area (Å²) in [6, 6.07) is 2.35. The van der Waals surface area contributed by atoms with Crippen molar-refractivity contribution in [2.24, 2.45) is 4.99 Å². The smallest absolute Gasteiger partial charge is 0.370 e. The van der Waals surface area contributed by atoms with Crippen LogP contribution in [-0.4, -0.2) is 42.1 Å². The highest BCUT2D eigenvalue weighted by molar-refractivity contribution is 14.0. The summed E-state index contributed by atoms with van der Waals surface area (Å²) in [5, 5.41) is 12.6. The van der Waals surface area contributed by atoms with Gasteiger partial charge in [0.05, 0.1) is 16.3 Å². The first-order valence-corrected chi connectivity index (χ1v) is 9.96. The monoisotopic (exact) mass is 542 g/mol. The minimum absolute atomic E-state index is 0. The van der Waals surface area contributed by atoms with E-state index >= 15 is 0 Å². The van der Waals surface area contributed by atoms with Crippen LogP contribution in [-0.2, 0) is 12.6 Å². The molecular weight excluding hydrogens is 516 g/mol. The standard InChI is InChI=1S/C18H25F3N6S.HI/c1-3-22-17(25-10-7-15-12-28-13(2)27-15)24-9-4-8-23-16-6-5-14(11-26-16)18(19,20)21;/h5-6,11-12H,3-4,7-10H2,1-2H3,(H,23,26)(H2,22,24,25);1H. The highest BCUT2D eigenvalue weighted by atomic mass is 127. The number of guanidine groups is 1. The van der Waals surface area contributed by atoms with Crippen molar-refractivity contribution in [1.82, 2.24) is 20.6 Å². The Morgan fingerprint density at radius 3 is 2.59 bits per heavy atom. The molecule has 0 bridgehead atoms. The SMILES string of the molecule is CCNC(=NCCCNc1ccc(C(F)(F)F)cn1)NCCc1csc(C)n1.I. The second kappa shape index (κ2) is 12.8. The molecule has 0 unspecified atom stereocenters. The van der Waals surface area contributed by atoms with Crippen LogP contribution in [0.15, 0.2) is 28.7 Å². The van der Waals surface area contributed by atoms with Crippen molar-refractivity contribution < 1.29 is 13.2 Å². The summed E-state index contributed by atoms with van der Waals surface area (Å²) < 4.78 is 37.5. The van der Waals surface area contributed by atoms with Gasteiger partial charge in [0.25, 0.3) is 0 Å². The Morgan fingerprint density at radius 2 is 2.00 bits per heavy atom. The van der Waals surface area contributed by atoms with Crippen molar-refractivity contribution in [2.45, 2.75) is 32.9 Å². The maximum Gasteiger partial charge on any atom is 0.417 e. The summed E-state index contributed by atoms with van der Waals surface area (Å²) in [5.41, 5.74) is 0.316. The largest absolute Gasteiger partial charge is 0.417 e. The molecule has 0 spiro atoms. The molecule has 2 rings (SSSR count). The van der Waals surface area contributed by atoms with E-state index in [-0.39, 0.29) is 24.0 Å². The molecule has 0 fully saturated rings. The van der Waals surface area contributed by atoms with E-state index in [9.17, 15) is 13.2 Å². The molecule has 2 aromatic heterocycles. The molecule has 162 valence electrons. The third-order valence-electron chi connectivity index (χ3n) is 3.69. The molecule has 6 nitrogen and oxygen atoms in total. The number of anilines is 1. The maximum absolute atomic E-state index is 12.5. The van der Waals surface area contributed by atoms with Gasteiger partial charge < -0.3 is 16.0 Å². The average Bonchev–Trinajstić information content (AvgIpc) is 3.06. The molecular formula is C18H26F3IN6S. The summed E-state index contributed by atoms with van der Waals surface area (Å²) >= 11 is 1.64. The summed E-state index contributed by atoms with van der Waals surface area (Å²) in [4.78, 5) is 12.7. The van der Waals surface area contributed by atoms with Crippen LogP contribution < -0.4 is 16.0 Å². The number of aliphatic imine (C=N–C) groups is 1. The molecule has 0 aliphatic rings. The lowest BCUT2D eigenvalue weighted by Crippen LogP contribution is -2.38. The predicted octanol–water partition coefficient (Wildman–Crippen LogP) is 4.08. The van der Waals surface area contributed by atoms with Crippen molar-refractivity contribution in [3.05, 3.63) is 40.0 Å². The summed E-state index contributed by atoms with van der Waals surface area (Å²) in [6.07, 6.45) is -1.98.